The molecule has 1 unspecified atom stereocenters. The molecule has 0 bridgehead atoms. The number of hydrogen-bond donors (Lipinski definition) is 3. The molecule has 3 N–H and O–H groups in total. The summed E-state index contributed by atoms with van der Waals surface area (Å²) in [5.74, 6) is 0.708. The van der Waals surface area contributed by atoms with Crippen molar-refractivity contribution >= 4 is 29.1 Å². The second-order valence-electron chi connectivity index (χ2n) is 7.93. The zero-order valence-electron chi connectivity index (χ0n) is 19.2. The molecule has 0 fully saturated rings. The van der Waals surface area contributed by atoms with Gasteiger partial charge in [0.05, 0.1) is 12.2 Å². The van der Waals surface area contributed by atoms with Gasteiger partial charge in [-0.15, -0.1) is 0 Å². The van der Waals surface area contributed by atoms with E-state index in [1.165, 1.54) is 0 Å². The summed E-state index contributed by atoms with van der Waals surface area (Å²) in [6, 6.07) is 12.6. The van der Waals surface area contributed by atoms with Crippen molar-refractivity contribution in [3.05, 3.63) is 59.2 Å². The van der Waals surface area contributed by atoms with Gasteiger partial charge in [-0.1, -0.05) is 32.0 Å². The highest BCUT2D eigenvalue weighted by Gasteiger charge is 2.17. The number of para-hydroxylation sites is 1. The molecule has 2 amide bonds. The monoisotopic (exact) mass is 457 g/mol. The number of carbonyl (C=O) groups is 2. The Hall–Kier alpha value is -3.13. The number of hydrazine groups is 1. The molecule has 0 aliphatic heterocycles. The van der Waals surface area contributed by atoms with E-state index in [9.17, 15) is 9.59 Å². The van der Waals surface area contributed by atoms with Crippen LogP contribution in [0.2, 0.25) is 0 Å². The summed E-state index contributed by atoms with van der Waals surface area (Å²) in [5.41, 5.74) is 7.55. The van der Waals surface area contributed by atoms with E-state index in [1.54, 1.807) is 31.2 Å². The number of benzene rings is 2. The molecule has 8 heteroatoms. The average molecular weight is 458 g/mol. The zero-order chi connectivity index (χ0) is 23.7. The van der Waals surface area contributed by atoms with E-state index in [0.29, 0.717) is 29.6 Å². The van der Waals surface area contributed by atoms with Crippen LogP contribution in [0.5, 0.6) is 11.5 Å². The number of aryl methyl sites for hydroxylation is 2. The van der Waals surface area contributed by atoms with Crippen LogP contribution in [0.25, 0.3) is 0 Å². The quantitative estimate of drug-likeness (QED) is 0.412. The number of rotatable bonds is 8. The minimum Gasteiger partial charge on any atom is -0.493 e. The number of nitrogens with one attached hydrogen (secondary N) is 3. The van der Waals surface area contributed by atoms with E-state index in [0.717, 1.165) is 17.5 Å². The smallest absolute Gasteiger partial charge is 0.279 e. The molecule has 0 heterocycles. The van der Waals surface area contributed by atoms with E-state index >= 15 is 0 Å². The average Bonchev–Trinajstić information content (AvgIpc) is 2.74. The molecule has 7 nitrogen and oxygen atoms in total. The first-order chi connectivity index (χ1) is 15.2. The second kappa shape index (κ2) is 12.0. The number of ether oxygens (including phenoxy) is 2. The fourth-order valence-corrected chi connectivity index (χ4v) is 2.79. The van der Waals surface area contributed by atoms with Crippen molar-refractivity contribution < 1.29 is 19.1 Å². The van der Waals surface area contributed by atoms with Gasteiger partial charge in [0.25, 0.3) is 11.8 Å². The van der Waals surface area contributed by atoms with Crippen LogP contribution in [0.15, 0.2) is 42.5 Å². The van der Waals surface area contributed by atoms with Gasteiger partial charge in [0.15, 0.2) is 11.2 Å². The molecule has 0 saturated heterocycles. The maximum absolute atomic E-state index is 12.6. The molecule has 0 aromatic heterocycles. The van der Waals surface area contributed by atoms with Gasteiger partial charge in [-0.3, -0.25) is 25.8 Å². The van der Waals surface area contributed by atoms with Crippen LogP contribution in [0.1, 0.15) is 48.7 Å². The summed E-state index contributed by atoms with van der Waals surface area (Å²) in [6.07, 6.45) is 0.114. The van der Waals surface area contributed by atoms with Gasteiger partial charge in [0.2, 0.25) is 0 Å². The van der Waals surface area contributed by atoms with Gasteiger partial charge in [-0.25, -0.2) is 0 Å². The minimum absolute atomic E-state index is 0.0429. The summed E-state index contributed by atoms with van der Waals surface area (Å²) in [4.78, 5) is 24.9. The van der Waals surface area contributed by atoms with Crippen LogP contribution in [0, 0.1) is 19.8 Å². The first-order valence-corrected chi connectivity index (χ1v) is 10.9. The lowest BCUT2D eigenvalue weighted by atomic mass is 10.1. The Morgan fingerprint density at radius 3 is 2.41 bits per heavy atom. The summed E-state index contributed by atoms with van der Waals surface area (Å²) in [6.45, 7) is 10.3. The van der Waals surface area contributed by atoms with E-state index in [1.807, 2.05) is 32.0 Å². The van der Waals surface area contributed by atoms with Gasteiger partial charge in [-0.2, -0.15) is 0 Å². The Labute approximate surface area is 194 Å². The van der Waals surface area contributed by atoms with Crippen molar-refractivity contribution in [3.63, 3.8) is 0 Å². The van der Waals surface area contributed by atoms with Crippen molar-refractivity contribution in [2.24, 2.45) is 5.92 Å². The molecular weight excluding hydrogens is 426 g/mol. The molecule has 2 rings (SSSR count). The molecule has 172 valence electrons. The molecule has 2 aromatic rings. The number of thiocarbonyl (C=S) groups is 1. The summed E-state index contributed by atoms with van der Waals surface area (Å²) >= 11 is 5.12. The lowest BCUT2D eigenvalue weighted by molar-refractivity contribution is -0.127. The molecular formula is C24H31N3O4S. The second-order valence-corrected chi connectivity index (χ2v) is 8.34. The largest absolute Gasteiger partial charge is 0.493 e. The Morgan fingerprint density at radius 1 is 1.00 bits per heavy atom. The van der Waals surface area contributed by atoms with Crippen molar-refractivity contribution in [2.75, 3.05) is 6.61 Å². The Morgan fingerprint density at radius 2 is 1.72 bits per heavy atom. The van der Waals surface area contributed by atoms with Gasteiger partial charge < -0.3 is 9.47 Å². The van der Waals surface area contributed by atoms with Gasteiger partial charge in [-0.05, 0) is 80.7 Å². The lowest BCUT2D eigenvalue weighted by Crippen LogP contribution is -2.51. The predicted molar refractivity (Wildman–Crippen MR) is 129 cm³/mol. The third-order valence-corrected chi connectivity index (χ3v) is 4.98. The van der Waals surface area contributed by atoms with Crippen LogP contribution in [0.3, 0.4) is 0 Å². The molecule has 0 radical (unpaired) electrons. The number of amides is 2. The summed E-state index contributed by atoms with van der Waals surface area (Å²) in [5, 5.41) is 2.50. The fourth-order valence-electron chi connectivity index (χ4n) is 2.65. The third kappa shape index (κ3) is 7.85. The number of carbonyl (C=O) groups excluding carboxylic acids is 2. The van der Waals surface area contributed by atoms with Crippen LogP contribution in [-0.2, 0) is 4.79 Å². The normalized spacial score (nSPS) is 11.4. The highest BCUT2D eigenvalue weighted by molar-refractivity contribution is 7.80. The van der Waals surface area contributed by atoms with E-state index < -0.39 is 17.9 Å². The standard InChI is InChI=1S/C24H31N3O4S/c1-15(2)12-13-30-21-9-7-6-8-20(21)23(29)25-24(32)27-26-22(28)18(5)31-19-11-10-16(3)17(4)14-19/h6-11,14-15,18H,12-13H2,1-5H3,(H,26,28)(H2,25,27,29,32). The topological polar surface area (TPSA) is 88.7 Å². The zero-order valence-corrected chi connectivity index (χ0v) is 20.0. The van der Waals surface area contributed by atoms with Gasteiger partial charge >= 0.3 is 0 Å². The lowest BCUT2D eigenvalue weighted by Gasteiger charge is -2.17. The minimum atomic E-state index is -0.766. The van der Waals surface area contributed by atoms with E-state index in [-0.39, 0.29) is 5.11 Å². The fraction of sp³-hybridized carbons (Fsp3) is 0.375. The molecule has 0 aliphatic carbocycles. The molecule has 0 saturated carbocycles. The molecule has 32 heavy (non-hydrogen) atoms. The van der Waals surface area contributed by atoms with Crippen LogP contribution in [-0.4, -0.2) is 29.6 Å². The summed E-state index contributed by atoms with van der Waals surface area (Å²) in [7, 11) is 0. The van der Waals surface area contributed by atoms with Crippen molar-refractivity contribution in [1.82, 2.24) is 16.2 Å². The van der Waals surface area contributed by atoms with Gasteiger partial charge in [0.1, 0.15) is 11.5 Å². The Bertz CT molecular complexity index is 962. The van der Waals surface area contributed by atoms with E-state index in [4.69, 9.17) is 21.7 Å². The van der Waals surface area contributed by atoms with Gasteiger partial charge in [0, 0.05) is 0 Å². The highest BCUT2D eigenvalue weighted by Crippen LogP contribution is 2.19. The van der Waals surface area contributed by atoms with Crippen molar-refractivity contribution in [3.8, 4) is 11.5 Å². The molecule has 0 aliphatic rings. The predicted octanol–water partition coefficient (Wildman–Crippen LogP) is 3.83. The molecule has 2 aromatic carbocycles. The van der Waals surface area contributed by atoms with Crippen molar-refractivity contribution in [1.29, 1.82) is 0 Å². The molecule has 1 atom stereocenters. The highest BCUT2D eigenvalue weighted by atomic mass is 32.1. The maximum atomic E-state index is 12.6. The number of hydrogen-bond acceptors (Lipinski definition) is 5. The van der Waals surface area contributed by atoms with E-state index in [2.05, 4.69) is 30.0 Å². The SMILES string of the molecule is Cc1ccc(OC(C)C(=O)NNC(=S)NC(=O)c2ccccc2OCCC(C)C)cc1C. The Balaban J connectivity index is 1.85. The first kappa shape index (κ1) is 25.1. The maximum Gasteiger partial charge on any atom is 0.279 e. The van der Waals surface area contributed by atoms with Crippen LogP contribution < -0.4 is 25.6 Å². The third-order valence-electron chi connectivity index (χ3n) is 4.77. The first-order valence-electron chi connectivity index (χ1n) is 10.5. The summed E-state index contributed by atoms with van der Waals surface area (Å²) < 4.78 is 11.4. The molecule has 0 spiro atoms. The van der Waals surface area contributed by atoms with Crippen LogP contribution >= 0.6 is 12.2 Å². The van der Waals surface area contributed by atoms with Crippen molar-refractivity contribution in [2.45, 2.75) is 47.1 Å². The Kier molecular flexibility index (Phi) is 9.46. The van der Waals surface area contributed by atoms with Crippen LogP contribution in [0.4, 0.5) is 0 Å².